The maximum absolute atomic E-state index is 5.46. The number of guanidine groups is 1. The second-order valence-electron chi connectivity index (χ2n) is 8.02. The number of rotatable bonds is 8. The van der Waals surface area contributed by atoms with E-state index in [1.807, 2.05) is 6.20 Å². The third kappa shape index (κ3) is 8.36. The second-order valence-corrected chi connectivity index (χ2v) is 8.02. The second kappa shape index (κ2) is 14.1. The monoisotopic (exact) mass is 545 g/mol. The minimum absolute atomic E-state index is 0. The molecule has 2 aliphatic rings. The molecule has 9 heteroatoms. The van der Waals surface area contributed by atoms with Crippen LogP contribution in [0.1, 0.15) is 26.3 Å². The van der Waals surface area contributed by atoms with E-state index in [2.05, 4.69) is 63.2 Å². The smallest absolute Gasteiger partial charge is 0.191 e. The van der Waals surface area contributed by atoms with Gasteiger partial charge in [0.1, 0.15) is 5.82 Å². The van der Waals surface area contributed by atoms with E-state index < -0.39 is 0 Å². The first kappa shape index (κ1) is 26.1. The standard InChI is InChI=1S/C22H39N7O.HI/c1-4-23-22(25-17-19(3)28-12-14-30-15-13-28)26-18-20-6-7-24-21(16-20)29-10-8-27(5-2)9-11-29;/h6-7,16,19H,4-5,8-15,17-18H2,1-3H3,(H2,23,25,26);1H. The number of pyridine rings is 1. The van der Waals surface area contributed by atoms with Gasteiger partial charge in [0.2, 0.25) is 0 Å². The van der Waals surface area contributed by atoms with E-state index in [-0.39, 0.29) is 24.0 Å². The normalized spacial score (nSPS) is 19.6. The molecule has 2 N–H and O–H groups in total. The first-order chi connectivity index (χ1) is 14.7. The zero-order chi connectivity index (χ0) is 21.2. The Bertz CT molecular complexity index is 661. The van der Waals surface area contributed by atoms with Crippen molar-refractivity contribution < 1.29 is 4.74 Å². The van der Waals surface area contributed by atoms with E-state index in [0.29, 0.717) is 12.6 Å². The van der Waals surface area contributed by atoms with Crippen molar-refractivity contribution in [3.63, 3.8) is 0 Å². The van der Waals surface area contributed by atoms with Gasteiger partial charge in [0.15, 0.2) is 5.96 Å². The molecule has 1 aromatic heterocycles. The Kier molecular flexibility index (Phi) is 11.8. The van der Waals surface area contributed by atoms with Crippen molar-refractivity contribution in [3.05, 3.63) is 23.9 Å². The summed E-state index contributed by atoms with van der Waals surface area (Å²) in [6, 6.07) is 4.70. The number of nitrogens with one attached hydrogen (secondary N) is 2. The number of morpholine rings is 1. The summed E-state index contributed by atoms with van der Waals surface area (Å²) in [4.78, 5) is 16.7. The number of hydrogen-bond acceptors (Lipinski definition) is 6. The van der Waals surface area contributed by atoms with Gasteiger partial charge in [-0.15, -0.1) is 24.0 Å². The average Bonchev–Trinajstić information content (AvgIpc) is 2.81. The van der Waals surface area contributed by atoms with E-state index in [1.165, 1.54) is 5.56 Å². The van der Waals surface area contributed by atoms with Gasteiger partial charge in [0.25, 0.3) is 0 Å². The van der Waals surface area contributed by atoms with Crippen LogP contribution in [-0.2, 0) is 11.3 Å². The van der Waals surface area contributed by atoms with E-state index in [4.69, 9.17) is 9.73 Å². The summed E-state index contributed by atoms with van der Waals surface area (Å²) in [7, 11) is 0. The molecule has 1 aromatic rings. The zero-order valence-corrected chi connectivity index (χ0v) is 21.7. The van der Waals surface area contributed by atoms with Gasteiger partial charge in [0.05, 0.1) is 19.8 Å². The van der Waals surface area contributed by atoms with Gasteiger partial charge in [-0.3, -0.25) is 4.90 Å². The lowest BCUT2D eigenvalue weighted by Crippen LogP contribution is -2.49. The molecule has 0 aromatic carbocycles. The topological polar surface area (TPSA) is 68.3 Å². The Balaban J connectivity index is 0.00000341. The summed E-state index contributed by atoms with van der Waals surface area (Å²) in [6.07, 6.45) is 1.91. The molecular weight excluding hydrogens is 505 g/mol. The van der Waals surface area contributed by atoms with Crippen molar-refractivity contribution in [2.75, 3.05) is 77.0 Å². The molecule has 2 aliphatic heterocycles. The van der Waals surface area contributed by atoms with Gasteiger partial charge in [-0.1, -0.05) is 6.92 Å². The Labute approximate surface area is 204 Å². The van der Waals surface area contributed by atoms with Crippen LogP contribution < -0.4 is 15.5 Å². The maximum Gasteiger partial charge on any atom is 0.191 e. The summed E-state index contributed by atoms with van der Waals surface area (Å²) in [5, 5.41) is 6.87. The quantitative estimate of drug-likeness (QED) is 0.293. The van der Waals surface area contributed by atoms with Crippen LogP contribution in [0.3, 0.4) is 0 Å². The Morgan fingerprint density at radius 3 is 2.55 bits per heavy atom. The highest BCUT2D eigenvalue weighted by atomic mass is 127. The van der Waals surface area contributed by atoms with Crippen molar-refractivity contribution in [1.29, 1.82) is 0 Å². The van der Waals surface area contributed by atoms with E-state index in [1.54, 1.807) is 0 Å². The summed E-state index contributed by atoms with van der Waals surface area (Å²) in [5.74, 6) is 1.94. The molecule has 176 valence electrons. The van der Waals surface area contributed by atoms with E-state index in [0.717, 1.165) is 83.9 Å². The van der Waals surface area contributed by atoms with Gasteiger partial charge >= 0.3 is 0 Å². The number of aromatic nitrogens is 1. The third-order valence-electron chi connectivity index (χ3n) is 5.95. The fourth-order valence-electron chi connectivity index (χ4n) is 3.93. The minimum atomic E-state index is 0. The molecule has 0 aliphatic carbocycles. The lowest BCUT2D eigenvalue weighted by Gasteiger charge is -2.34. The predicted molar refractivity (Wildman–Crippen MR) is 139 cm³/mol. The first-order valence-electron chi connectivity index (χ1n) is 11.5. The van der Waals surface area contributed by atoms with E-state index in [9.17, 15) is 0 Å². The molecular formula is C22H40IN7O. The highest BCUT2D eigenvalue weighted by Gasteiger charge is 2.18. The predicted octanol–water partition coefficient (Wildman–Crippen LogP) is 1.62. The van der Waals surface area contributed by atoms with Gasteiger partial charge < -0.3 is 25.2 Å². The maximum atomic E-state index is 5.46. The summed E-state index contributed by atoms with van der Waals surface area (Å²) < 4.78 is 5.46. The van der Waals surface area contributed by atoms with Crippen LogP contribution >= 0.6 is 24.0 Å². The molecule has 0 amide bonds. The SMILES string of the molecule is CCNC(=NCc1ccnc(N2CCN(CC)CC2)c1)NCC(C)N1CCOCC1.I. The Morgan fingerprint density at radius 2 is 1.87 bits per heavy atom. The van der Waals surface area contributed by atoms with Crippen LogP contribution in [0.25, 0.3) is 0 Å². The minimum Gasteiger partial charge on any atom is -0.379 e. The molecule has 31 heavy (non-hydrogen) atoms. The van der Waals surface area contributed by atoms with Crippen LogP contribution in [0.5, 0.6) is 0 Å². The summed E-state index contributed by atoms with van der Waals surface area (Å²) in [5.41, 5.74) is 1.19. The lowest BCUT2D eigenvalue weighted by atomic mass is 10.2. The number of ether oxygens (including phenoxy) is 1. The van der Waals surface area contributed by atoms with E-state index >= 15 is 0 Å². The zero-order valence-electron chi connectivity index (χ0n) is 19.3. The highest BCUT2D eigenvalue weighted by molar-refractivity contribution is 14.0. The fourth-order valence-corrected chi connectivity index (χ4v) is 3.93. The van der Waals surface area contributed by atoms with Crippen LogP contribution in [0.4, 0.5) is 5.82 Å². The van der Waals surface area contributed by atoms with Crippen LogP contribution in [-0.4, -0.2) is 98.9 Å². The van der Waals surface area contributed by atoms with Crippen molar-refractivity contribution in [1.82, 2.24) is 25.4 Å². The molecule has 0 bridgehead atoms. The van der Waals surface area contributed by atoms with Gasteiger partial charge in [0, 0.05) is 64.6 Å². The van der Waals surface area contributed by atoms with Crippen molar-refractivity contribution in [2.24, 2.45) is 4.99 Å². The van der Waals surface area contributed by atoms with Gasteiger partial charge in [-0.05, 0) is 38.1 Å². The summed E-state index contributed by atoms with van der Waals surface area (Å²) >= 11 is 0. The number of hydrogen-bond donors (Lipinski definition) is 2. The lowest BCUT2D eigenvalue weighted by molar-refractivity contribution is 0.0211. The molecule has 0 saturated carbocycles. The fraction of sp³-hybridized carbons (Fsp3) is 0.727. The Morgan fingerprint density at radius 1 is 1.13 bits per heavy atom. The number of nitrogens with zero attached hydrogens (tertiary/aromatic N) is 5. The number of halogens is 1. The third-order valence-corrected chi connectivity index (χ3v) is 5.95. The highest BCUT2D eigenvalue weighted by Crippen LogP contribution is 2.15. The molecule has 3 rings (SSSR count). The molecule has 1 atom stereocenters. The molecule has 0 radical (unpaired) electrons. The molecule has 8 nitrogen and oxygen atoms in total. The number of anilines is 1. The first-order valence-corrected chi connectivity index (χ1v) is 11.5. The van der Waals surface area contributed by atoms with Crippen molar-refractivity contribution in [3.8, 4) is 0 Å². The number of piperazine rings is 1. The molecule has 2 saturated heterocycles. The molecule has 3 heterocycles. The van der Waals surface area contributed by atoms with Crippen LogP contribution in [0, 0.1) is 0 Å². The Hall–Kier alpha value is -1.17. The molecule has 0 spiro atoms. The van der Waals surface area contributed by atoms with Crippen LogP contribution in [0.15, 0.2) is 23.3 Å². The molecule has 2 fully saturated rings. The summed E-state index contributed by atoms with van der Waals surface area (Å²) in [6.45, 7) is 18.0. The van der Waals surface area contributed by atoms with Crippen LogP contribution in [0.2, 0.25) is 0 Å². The number of likely N-dealkylation sites (N-methyl/N-ethyl adjacent to an activating group) is 1. The average molecular weight is 546 g/mol. The van der Waals surface area contributed by atoms with Gasteiger partial charge in [-0.2, -0.15) is 0 Å². The largest absolute Gasteiger partial charge is 0.379 e. The van der Waals surface area contributed by atoms with Crippen molar-refractivity contribution in [2.45, 2.75) is 33.4 Å². The molecule has 1 unspecified atom stereocenters. The van der Waals surface area contributed by atoms with Gasteiger partial charge in [-0.25, -0.2) is 9.98 Å². The number of aliphatic imine (C=N–C) groups is 1. The van der Waals surface area contributed by atoms with Crippen molar-refractivity contribution >= 4 is 35.8 Å².